The van der Waals surface area contributed by atoms with Crippen LogP contribution in [0.3, 0.4) is 0 Å². The average molecular weight is 481 g/mol. The first-order chi connectivity index (χ1) is 15.7. The maximum absolute atomic E-state index is 12.6. The van der Waals surface area contributed by atoms with Crippen LogP contribution in [0.15, 0.2) is 59.0 Å². The van der Waals surface area contributed by atoms with Crippen LogP contribution in [0.4, 0.5) is 11.4 Å². The molecule has 10 heteroatoms. The first kappa shape index (κ1) is 22.4. The first-order valence-corrected chi connectivity index (χ1v) is 10.6. The van der Waals surface area contributed by atoms with Gasteiger partial charge in [-0.3, -0.25) is 20.2 Å². The number of oxazole rings is 1. The molecule has 0 unspecified atom stereocenters. The lowest BCUT2D eigenvalue weighted by atomic mass is 10.1. The van der Waals surface area contributed by atoms with E-state index in [1.54, 1.807) is 24.3 Å². The lowest BCUT2D eigenvalue weighted by Crippen LogP contribution is -2.34. The molecule has 0 aliphatic rings. The van der Waals surface area contributed by atoms with Crippen LogP contribution >= 0.6 is 23.8 Å². The van der Waals surface area contributed by atoms with Crippen molar-refractivity contribution in [2.75, 3.05) is 5.32 Å². The summed E-state index contributed by atoms with van der Waals surface area (Å²) < 4.78 is 5.86. The topological polar surface area (TPSA) is 110 Å². The Morgan fingerprint density at radius 3 is 2.64 bits per heavy atom. The highest BCUT2D eigenvalue weighted by Crippen LogP contribution is 2.31. The van der Waals surface area contributed by atoms with Gasteiger partial charge in [-0.15, -0.1) is 0 Å². The fraction of sp³-hybridized carbons (Fsp3) is 0.0870. The van der Waals surface area contributed by atoms with Gasteiger partial charge < -0.3 is 9.73 Å². The third kappa shape index (κ3) is 4.55. The Kier molecular flexibility index (Phi) is 6.08. The zero-order valence-corrected chi connectivity index (χ0v) is 19.1. The minimum Gasteiger partial charge on any atom is -0.436 e. The van der Waals surface area contributed by atoms with E-state index in [1.165, 1.54) is 25.1 Å². The van der Waals surface area contributed by atoms with E-state index in [0.717, 1.165) is 11.1 Å². The summed E-state index contributed by atoms with van der Waals surface area (Å²) in [6.07, 6.45) is 0. The maximum Gasteiger partial charge on any atom is 0.273 e. The first-order valence-electron chi connectivity index (χ1n) is 9.77. The molecule has 0 bridgehead atoms. The number of rotatable bonds is 4. The van der Waals surface area contributed by atoms with Crippen molar-refractivity contribution in [1.29, 1.82) is 0 Å². The number of fused-ring (bicyclic) bond motifs is 1. The molecule has 0 fully saturated rings. The number of thiocarbonyl (C=S) groups is 1. The number of anilines is 1. The molecule has 3 aromatic carbocycles. The Balaban J connectivity index is 1.55. The van der Waals surface area contributed by atoms with Gasteiger partial charge in [-0.25, -0.2) is 4.98 Å². The van der Waals surface area contributed by atoms with Crippen LogP contribution in [0.25, 0.3) is 22.6 Å². The second kappa shape index (κ2) is 8.97. The summed E-state index contributed by atoms with van der Waals surface area (Å²) in [7, 11) is 0. The lowest BCUT2D eigenvalue weighted by molar-refractivity contribution is -0.385. The minimum absolute atomic E-state index is 0.0514. The number of hydrogen-bond acceptors (Lipinski definition) is 6. The quantitative estimate of drug-likeness (QED) is 0.216. The van der Waals surface area contributed by atoms with Gasteiger partial charge in [0.2, 0.25) is 5.89 Å². The zero-order chi connectivity index (χ0) is 23.7. The van der Waals surface area contributed by atoms with Gasteiger partial charge in [0.25, 0.3) is 11.6 Å². The smallest absolute Gasteiger partial charge is 0.273 e. The van der Waals surface area contributed by atoms with Gasteiger partial charge >= 0.3 is 0 Å². The van der Waals surface area contributed by atoms with E-state index in [2.05, 4.69) is 15.6 Å². The summed E-state index contributed by atoms with van der Waals surface area (Å²) in [5.74, 6) is -0.117. The predicted octanol–water partition coefficient (Wildman–Crippen LogP) is 5.80. The number of amides is 1. The van der Waals surface area contributed by atoms with Gasteiger partial charge in [-0.2, -0.15) is 0 Å². The Bertz CT molecular complexity index is 1430. The molecule has 4 rings (SSSR count). The van der Waals surface area contributed by atoms with Crippen molar-refractivity contribution in [2.24, 2.45) is 0 Å². The normalized spacial score (nSPS) is 10.8. The van der Waals surface area contributed by atoms with Crippen molar-refractivity contribution in [3.63, 3.8) is 0 Å². The molecule has 1 heterocycles. The van der Waals surface area contributed by atoms with E-state index in [1.807, 2.05) is 19.1 Å². The van der Waals surface area contributed by atoms with E-state index in [0.29, 0.717) is 27.7 Å². The summed E-state index contributed by atoms with van der Waals surface area (Å²) in [4.78, 5) is 27.8. The molecule has 0 atom stereocenters. The summed E-state index contributed by atoms with van der Waals surface area (Å²) in [5, 5.41) is 17.3. The molecule has 0 saturated carbocycles. The van der Waals surface area contributed by atoms with E-state index < -0.39 is 10.8 Å². The third-order valence-corrected chi connectivity index (χ3v) is 5.57. The summed E-state index contributed by atoms with van der Waals surface area (Å²) >= 11 is 11.3. The molecule has 4 aromatic rings. The Labute approximate surface area is 198 Å². The number of hydrogen-bond donors (Lipinski definition) is 2. The molecule has 8 nitrogen and oxygen atoms in total. The van der Waals surface area contributed by atoms with Gasteiger partial charge in [-0.05, 0) is 68.0 Å². The van der Waals surface area contributed by atoms with Crippen LogP contribution in [-0.2, 0) is 0 Å². The van der Waals surface area contributed by atoms with Crippen molar-refractivity contribution < 1.29 is 14.1 Å². The highest BCUT2D eigenvalue weighted by atomic mass is 35.5. The number of nitrogens with zero attached hydrogens (tertiary/aromatic N) is 2. The molecule has 0 radical (unpaired) electrons. The van der Waals surface area contributed by atoms with E-state index in [-0.39, 0.29) is 21.9 Å². The van der Waals surface area contributed by atoms with Gasteiger partial charge in [0, 0.05) is 33.5 Å². The summed E-state index contributed by atoms with van der Waals surface area (Å²) in [6.45, 7) is 3.39. The van der Waals surface area contributed by atoms with E-state index in [9.17, 15) is 14.9 Å². The molecule has 1 amide bonds. The van der Waals surface area contributed by atoms with Crippen LogP contribution in [0, 0.1) is 24.0 Å². The van der Waals surface area contributed by atoms with Crippen molar-refractivity contribution in [3.05, 3.63) is 86.4 Å². The zero-order valence-electron chi connectivity index (χ0n) is 17.5. The molecule has 0 spiro atoms. The number of nitro benzene ring substituents is 1. The fourth-order valence-electron chi connectivity index (χ4n) is 3.41. The highest BCUT2D eigenvalue weighted by molar-refractivity contribution is 7.80. The molecular formula is C23H17ClN4O4S. The number of halogens is 1. The van der Waals surface area contributed by atoms with Crippen molar-refractivity contribution in [2.45, 2.75) is 13.8 Å². The molecule has 2 N–H and O–H groups in total. The Morgan fingerprint density at radius 1 is 1.12 bits per heavy atom. The number of nitrogens with one attached hydrogen (secondary N) is 2. The molecule has 1 aromatic heterocycles. The molecule has 0 aliphatic heterocycles. The van der Waals surface area contributed by atoms with Gasteiger partial charge in [0.1, 0.15) is 5.52 Å². The molecule has 0 aliphatic carbocycles. The standard InChI is InChI=1S/C23H17ClN4O4S/c1-12-16(22-25-18-11-14(24)9-10-20(18)32-22)6-3-7-17(12)26-23(33)27-21(29)15-5-4-8-19(13(15)2)28(30)31/h3-11H,1-2H3,(H2,26,27,29,33). The number of carbonyl (C=O) groups is 1. The number of nitro groups is 1. The monoisotopic (exact) mass is 480 g/mol. The second-order valence-corrected chi connectivity index (χ2v) is 8.07. The van der Waals surface area contributed by atoms with Gasteiger partial charge in [0.15, 0.2) is 10.7 Å². The van der Waals surface area contributed by atoms with Crippen molar-refractivity contribution in [3.8, 4) is 11.5 Å². The molecule has 166 valence electrons. The van der Waals surface area contributed by atoms with Crippen LogP contribution in [0.5, 0.6) is 0 Å². The molecular weight excluding hydrogens is 464 g/mol. The van der Waals surface area contributed by atoms with Crippen molar-refractivity contribution in [1.82, 2.24) is 10.3 Å². The average Bonchev–Trinajstić information content (AvgIpc) is 3.17. The SMILES string of the molecule is Cc1c(NC(=S)NC(=O)c2cccc([N+](=O)[O-])c2C)cccc1-c1nc2cc(Cl)ccc2o1. The summed E-state index contributed by atoms with van der Waals surface area (Å²) in [6, 6.07) is 15.0. The maximum atomic E-state index is 12.6. The second-order valence-electron chi connectivity index (χ2n) is 7.22. The minimum atomic E-state index is -0.543. The molecule has 33 heavy (non-hydrogen) atoms. The van der Waals surface area contributed by atoms with Crippen LogP contribution in [-0.4, -0.2) is 20.9 Å². The molecule has 0 saturated heterocycles. The van der Waals surface area contributed by atoms with Crippen LogP contribution < -0.4 is 10.6 Å². The Morgan fingerprint density at radius 2 is 1.88 bits per heavy atom. The number of carbonyl (C=O) groups excluding carboxylic acids is 1. The van der Waals surface area contributed by atoms with E-state index >= 15 is 0 Å². The van der Waals surface area contributed by atoms with E-state index in [4.69, 9.17) is 28.2 Å². The van der Waals surface area contributed by atoms with Gasteiger partial charge in [0.05, 0.1) is 4.92 Å². The Hall–Kier alpha value is -3.82. The van der Waals surface area contributed by atoms with Crippen LogP contribution in [0.2, 0.25) is 5.02 Å². The van der Waals surface area contributed by atoms with Gasteiger partial charge in [-0.1, -0.05) is 23.7 Å². The lowest BCUT2D eigenvalue weighted by Gasteiger charge is -2.14. The fourth-order valence-corrected chi connectivity index (χ4v) is 3.78. The van der Waals surface area contributed by atoms with Crippen molar-refractivity contribution >= 4 is 57.3 Å². The number of aromatic nitrogens is 1. The third-order valence-electron chi connectivity index (χ3n) is 5.14. The summed E-state index contributed by atoms with van der Waals surface area (Å²) in [5.41, 5.74) is 3.75. The van der Waals surface area contributed by atoms with Crippen LogP contribution in [0.1, 0.15) is 21.5 Å². The predicted molar refractivity (Wildman–Crippen MR) is 131 cm³/mol. The highest BCUT2D eigenvalue weighted by Gasteiger charge is 2.19. The number of benzene rings is 3. The largest absolute Gasteiger partial charge is 0.436 e.